The highest BCUT2D eigenvalue weighted by Crippen LogP contribution is 2.15. The van der Waals surface area contributed by atoms with Gasteiger partial charge in [-0.15, -0.1) is 12.3 Å². The van der Waals surface area contributed by atoms with Gasteiger partial charge in [0, 0.05) is 18.5 Å². The molecule has 4 nitrogen and oxygen atoms in total. The van der Waals surface area contributed by atoms with Gasteiger partial charge in [-0.2, -0.15) is 0 Å². The van der Waals surface area contributed by atoms with Crippen molar-refractivity contribution in [3.63, 3.8) is 0 Å². The fourth-order valence-corrected chi connectivity index (χ4v) is 1.07. The SMILES string of the molecule is C#CCCNC(=O)c1ccc(N)c(N)c1. The number of hydrogen-bond donors (Lipinski definition) is 3. The monoisotopic (exact) mass is 203 g/mol. The number of carbonyl (C=O) groups is 1. The van der Waals surface area contributed by atoms with Crippen LogP contribution in [0.2, 0.25) is 0 Å². The molecule has 0 unspecified atom stereocenters. The summed E-state index contributed by atoms with van der Waals surface area (Å²) in [5.41, 5.74) is 12.5. The minimum absolute atomic E-state index is 0.197. The molecular formula is C11H13N3O. The zero-order valence-corrected chi connectivity index (χ0v) is 8.29. The fraction of sp³-hybridized carbons (Fsp3) is 0.182. The lowest BCUT2D eigenvalue weighted by Gasteiger charge is -2.05. The topological polar surface area (TPSA) is 81.1 Å². The molecule has 1 amide bonds. The highest BCUT2D eigenvalue weighted by molar-refractivity contribution is 5.95. The summed E-state index contributed by atoms with van der Waals surface area (Å²) in [7, 11) is 0. The second-order valence-electron chi connectivity index (χ2n) is 3.05. The first-order chi connectivity index (χ1) is 7.15. The third-order valence-corrected chi connectivity index (χ3v) is 1.90. The first-order valence-corrected chi connectivity index (χ1v) is 4.52. The Morgan fingerprint density at radius 2 is 2.13 bits per heavy atom. The van der Waals surface area contributed by atoms with Gasteiger partial charge < -0.3 is 16.8 Å². The van der Waals surface area contributed by atoms with E-state index in [0.29, 0.717) is 29.9 Å². The van der Waals surface area contributed by atoms with Crippen molar-refractivity contribution in [1.29, 1.82) is 0 Å². The van der Waals surface area contributed by atoms with E-state index in [2.05, 4.69) is 11.2 Å². The lowest BCUT2D eigenvalue weighted by Crippen LogP contribution is -2.24. The molecule has 0 aromatic heterocycles. The molecule has 4 heteroatoms. The van der Waals surface area contributed by atoms with Crippen molar-refractivity contribution in [3.8, 4) is 12.3 Å². The molecule has 0 aliphatic heterocycles. The Hall–Kier alpha value is -2.15. The lowest BCUT2D eigenvalue weighted by atomic mass is 10.1. The molecule has 0 spiro atoms. The van der Waals surface area contributed by atoms with Crippen LogP contribution in [0.15, 0.2) is 18.2 Å². The average molecular weight is 203 g/mol. The third-order valence-electron chi connectivity index (χ3n) is 1.90. The first-order valence-electron chi connectivity index (χ1n) is 4.52. The highest BCUT2D eigenvalue weighted by Gasteiger charge is 2.05. The molecule has 5 N–H and O–H groups in total. The molecule has 0 aliphatic rings. The van der Waals surface area contributed by atoms with Crippen LogP contribution in [0.4, 0.5) is 11.4 Å². The number of nitrogens with two attached hydrogens (primary N) is 2. The van der Waals surface area contributed by atoms with Crippen molar-refractivity contribution in [1.82, 2.24) is 5.32 Å². The normalized spacial score (nSPS) is 9.27. The molecule has 1 rings (SSSR count). The molecule has 1 aromatic rings. The second-order valence-corrected chi connectivity index (χ2v) is 3.05. The molecule has 78 valence electrons. The van der Waals surface area contributed by atoms with Gasteiger partial charge in [0.05, 0.1) is 11.4 Å². The molecule has 0 radical (unpaired) electrons. The van der Waals surface area contributed by atoms with Crippen LogP contribution < -0.4 is 16.8 Å². The summed E-state index contributed by atoms with van der Waals surface area (Å²) in [5, 5.41) is 2.67. The molecule has 0 saturated carbocycles. The maximum absolute atomic E-state index is 11.5. The van der Waals surface area contributed by atoms with Crippen LogP contribution in [-0.4, -0.2) is 12.5 Å². The summed E-state index contributed by atoms with van der Waals surface area (Å²) in [5.74, 6) is 2.24. The van der Waals surface area contributed by atoms with E-state index in [4.69, 9.17) is 17.9 Å². The van der Waals surface area contributed by atoms with E-state index in [1.54, 1.807) is 18.2 Å². The molecule has 0 saturated heterocycles. The van der Waals surface area contributed by atoms with E-state index in [0.717, 1.165) is 0 Å². The van der Waals surface area contributed by atoms with Gasteiger partial charge in [0.2, 0.25) is 0 Å². The van der Waals surface area contributed by atoms with E-state index in [-0.39, 0.29) is 5.91 Å². The van der Waals surface area contributed by atoms with E-state index in [1.165, 1.54) is 0 Å². The first kappa shape index (κ1) is 10.9. The van der Waals surface area contributed by atoms with Crippen molar-refractivity contribution in [2.75, 3.05) is 18.0 Å². The predicted molar refractivity (Wildman–Crippen MR) is 61.1 cm³/mol. The fourth-order valence-electron chi connectivity index (χ4n) is 1.07. The molecule has 1 aromatic carbocycles. The van der Waals surface area contributed by atoms with E-state index in [9.17, 15) is 4.79 Å². The van der Waals surface area contributed by atoms with Crippen LogP contribution in [0.25, 0.3) is 0 Å². The van der Waals surface area contributed by atoms with Crippen molar-refractivity contribution in [3.05, 3.63) is 23.8 Å². The number of rotatable bonds is 3. The maximum atomic E-state index is 11.5. The minimum atomic E-state index is -0.197. The molecule has 0 atom stereocenters. The minimum Gasteiger partial charge on any atom is -0.397 e. The smallest absolute Gasteiger partial charge is 0.251 e. The van der Waals surface area contributed by atoms with Crippen LogP contribution in [0.3, 0.4) is 0 Å². The Labute approximate surface area is 88.6 Å². The Bertz CT molecular complexity index is 407. The van der Waals surface area contributed by atoms with E-state index < -0.39 is 0 Å². The van der Waals surface area contributed by atoms with Gasteiger partial charge in [0.1, 0.15) is 0 Å². The number of anilines is 2. The summed E-state index contributed by atoms with van der Waals surface area (Å²) in [4.78, 5) is 11.5. The lowest BCUT2D eigenvalue weighted by molar-refractivity contribution is 0.0954. The zero-order valence-electron chi connectivity index (χ0n) is 8.29. The van der Waals surface area contributed by atoms with Gasteiger partial charge in [-0.3, -0.25) is 4.79 Å². The molecule has 0 bridgehead atoms. The Balaban J connectivity index is 2.67. The van der Waals surface area contributed by atoms with Gasteiger partial charge >= 0.3 is 0 Å². The van der Waals surface area contributed by atoms with Crippen molar-refractivity contribution in [2.24, 2.45) is 0 Å². The van der Waals surface area contributed by atoms with Crippen LogP contribution in [-0.2, 0) is 0 Å². The molecule has 0 heterocycles. The van der Waals surface area contributed by atoms with Crippen LogP contribution in [0.5, 0.6) is 0 Å². The van der Waals surface area contributed by atoms with Gasteiger partial charge in [0.15, 0.2) is 0 Å². The molecule has 0 aliphatic carbocycles. The summed E-state index contributed by atoms with van der Waals surface area (Å²) >= 11 is 0. The van der Waals surface area contributed by atoms with Gasteiger partial charge in [-0.1, -0.05) is 0 Å². The van der Waals surface area contributed by atoms with E-state index >= 15 is 0 Å². The number of nitrogens with one attached hydrogen (secondary N) is 1. The standard InChI is InChI=1S/C11H13N3O/c1-2-3-6-14-11(15)8-4-5-9(12)10(13)7-8/h1,4-5,7H,3,6,12-13H2,(H,14,15). The van der Waals surface area contributed by atoms with Crippen molar-refractivity contribution >= 4 is 17.3 Å². The summed E-state index contributed by atoms with van der Waals surface area (Å²) < 4.78 is 0. The molecule has 0 fully saturated rings. The summed E-state index contributed by atoms with van der Waals surface area (Å²) in [6.07, 6.45) is 5.57. The van der Waals surface area contributed by atoms with E-state index in [1.807, 2.05) is 0 Å². The van der Waals surface area contributed by atoms with Crippen LogP contribution in [0.1, 0.15) is 16.8 Å². The van der Waals surface area contributed by atoms with Crippen molar-refractivity contribution in [2.45, 2.75) is 6.42 Å². The van der Waals surface area contributed by atoms with Crippen LogP contribution >= 0.6 is 0 Å². The Morgan fingerprint density at radius 1 is 1.40 bits per heavy atom. The number of amides is 1. The number of hydrogen-bond acceptors (Lipinski definition) is 3. The third kappa shape index (κ3) is 2.92. The zero-order chi connectivity index (χ0) is 11.3. The number of benzene rings is 1. The van der Waals surface area contributed by atoms with Crippen molar-refractivity contribution < 1.29 is 4.79 Å². The summed E-state index contributed by atoms with van der Waals surface area (Å²) in [6.45, 7) is 0.458. The van der Waals surface area contributed by atoms with Gasteiger partial charge in [-0.05, 0) is 18.2 Å². The molecule has 15 heavy (non-hydrogen) atoms. The average Bonchev–Trinajstić information content (AvgIpc) is 2.22. The Morgan fingerprint density at radius 3 is 2.73 bits per heavy atom. The quantitative estimate of drug-likeness (QED) is 0.382. The number of nitrogen functional groups attached to an aromatic ring is 2. The predicted octanol–water partition coefficient (Wildman–Crippen LogP) is 0.604. The number of carbonyl (C=O) groups excluding carboxylic acids is 1. The van der Waals surface area contributed by atoms with Crippen LogP contribution in [0, 0.1) is 12.3 Å². The summed E-state index contributed by atoms with van der Waals surface area (Å²) in [6, 6.07) is 4.77. The van der Waals surface area contributed by atoms with Gasteiger partial charge in [0.25, 0.3) is 5.91 Å². The van der Waals surface area contributed by atoms with Gasteiger partial charge in [-0.25, -0.2) is 0 Å². The largest absolute Gasteiger partial charge is 0.397 e. The number of terminal acetylenes is 1. The second kappa shape index (κ2) is 4.91. The highest BCUT2D eigenvalue weighted by atomic mass is 16.1. The maximum Gasteiger partial charge on any atom is 0.251 e. The Kier molecular flexibility index (Phi) is 3.58. The molecular weight excluding hydrogens is 190 g/mol.